The second-order valence-corrected chi connectivity index (χ2v) is 6.86. The molecule has 0 spiro atoms. The zero-order valence-electron chi connectivity index (χ0n) is 13.7. The summed E-state index contributed by atoms with van der Waals surface area (Å²) in [5.74, 6) is 0.0897. The highest BCUT2D eigenvalue weighted by molar-refractivity contribution is 5.97. The number of carbonyl (C=O) groups is 2. The van der Waals surface area contributed by atoms with E-state index in [2.05, 4.69) is 20.8 Å². The summed E-state index contributed by atoms with van der Waals surface area (Å²) < 4.78 is 0. The molecule has 2 heteroatoms. The number of allylic oxidation sites excluding steroid dienone is 2. The van der Waals surface area contributed by atoms with Crippen LogP contribution >= 0.6 is 0 Å². The summed E-state index contributed by atoms with van der Waals surface area (Å²) in [6, 6.07) is 9.25. The fraction of sp³-hybridized carbons (Fsp3) is 0.474. The van der Waals surface area contributed by atoms with Gasteiger partial charge in [-0.15, -0.1) is 0 Å². The van der Waals surface area contributed by atoms with Crippen LogP contribution in [-0.4, -0.2) is 11.6 Å². The van der Waals surface area contributed by atoms with Gasteiger partial charge in [0.1, 0.15) is 0 Å². The summed E-state index contributed by atoms with van der Waals surface area (Å²) >= 11 is 0. The molecule has 0 amide bonds. The van der Waals surface area contributed by atoms with Crippen LogP contribution in [0.2, 0.25) is 0 Å². The standard InChI is InChI=1S/C19H26O2/c1-14(13-18(21)16-9-7-6-8-10-16)15(2)17(20)11-12-19(3,4)5/h6-12,14-15H,13H2,1-5H3/b12-11+/t14-,15+/m0/s1. The SMILES string of the molecule is C[C@@H](CC(=O)c1ccccc1)[C@@H](C)C(=O)/C=C/C(C)(C)C. The van der Waals surface area contributed by atoms with Crippen molar-refractivity contribution in [2.75, 3.05) is 0 Å². The molecule has 2 nitrogen and oxygen atoms in total. The van der Waals surface area contributed by atoms with E-state index in [-0.39, 0.29) is 28.8 Å². The van der Waals surface area contributed by atoms with Gasteiger partial charge < -0.3 is 0 Å². The second-order valence-electron chi connectivity index (χ2n) is 6.86. The molecule has 0 aliphatic rings. The molecule has 1 aromatic carbocycles. The van der Waals surface area contributed by atoms with Gasteiger partial charge in [0.15, 0.2) is 11.6 Å². The van der Waals surface area contributed by atoms with Crippen molar-refractivity contribution < 1.29 is 9.59 Å². The molecule has 0 aromatic heterocycles. The van der Waals surface area contributed by atoms with E-state index in [1.54, 1.807) is 6.08 Å². The molecule has 2 atom stereocenters. The number of rotatable bonds is 6. The van der Waals surface area contributed by atoms with E-state index in [1.165, 1.54) is 0 Å². The molecule has 0 saturated carbocycles. The average Bonchev–Trinajstić information content (AvgIpc) is 2.43. The molecule has 114 valence electrons. The number of Topliss-reactive ketones (excluding diaryl/α,β-unsaturated/α-hetero) is 1. The Bertz CT molecular complexity index is 506. The van der Waals surface area contributed by atoms with Crippen molar-refractivity contribution in [3.63, 3.8) is 0 Å². The van der Waals surface area contributed by atoms with Gasteiger partial charge in [-0.25, -0.2) is 0 Å². The topological polar surface area (TPSA) is 34.1 Å². The quantitative estimate of drug-likeness (QED) is 0.561. The lowest BCUT2D eigenvalue weighted by molar-refractivity contribution is -0.119. The zero-order valence-corrected chi connectivity index (χ0v) is 13.7. The highest BCUT2D eigenvalue weighted by Crippen LogP contribution is 2.21. The normalized spacial score (nSPS) is 14.9. The third-order valence-corrected chi connectivity index (χ3v) is 3.65. The molecular formula is C19H26O2. The summed E-state index contributed by atoms with van der Waals surface area (Å²) in [7, 11) is 0. The number of carbonyl (C=O) groups excluding carboxylic acids is 2. The van der Waals surface area contributed by atoms with Crippen LogP contribution in [0.4, 0.5) is 0 Å². The van der Waals surface area contributed by atoms with Crippen molar-refractivity contribution in [2.45, 2.75) is 41.0 Å². The molecule has 0 aliphatic heterocycles. The molecule has 0 unspecified atom stereocenters. The van der Waals surface area contributed by atoms with Crippen LogP contribution in [0.25, 0.3) is 0 Å². The Balaban J connectivity index is 2.63. The van der Waals surface area contributed by atoms with Gasteiger partial charge in [-0.3, -0.25) is 9.59 Å². The second kappa shape index (κ2) is 7.35. The highest BCUT2D eigenvalue weighted by atomic mass is 16.1. The minimum Gasteiger partial charge on any atom is -0.295 e. The highest BCUT2D eigenvalue weighted by Gasteiger charge is 2.21. The minimum atomic E-state index is -0.142. The molecule has 0 radical (unpaired) electrons. The van der Waals surface area contributed by atoms with E-state index < -0.39 is 0 Å². The van der Waals surface area contributed by atoms with Crippen molar-refractivity contribution in [3.05, 3.63) is 48.0 Å². The van der Waals surface area contributed by atoms with E-state index >= 15 is 0 Å². The number of hydrogen-bond donors (Lipinski definition) is 0. The molecule has 0 saturated heterocycles. The van der Waals surface area contributed by atoms with Gasteiger partial charge in [-0.2, -0.15) is 0 Å². The Labute approximate surface area is 128 Å². The minimum absolute atomic E-state index is 0.00151. The lowest BCUT2D eigenvalue weighted by Gasteiger charge is -2.18. The average molecular weight is 286 g/mol. The van der Waals surface area contributed by atoms with E-state index in [0.717, 1.165) is 0 Å². The van der Waals surface area contributed by atoms with E-state index in [4.69, 9.17) is 0 Å². The molecule has 21 heavy (non-hydrogen) atoms. The Kier molecular flexibility index (Phi) is 6.07. The smallest absolute Gasteiger partial charge is 0.163 e. The Morgan fingerprint density at radius 2 is 1.67 bits per heavy atom. The Morgan fingerprint density at radius 3 is 2.19 bits per heavy atom. The fourth-order valence-electron chi connectivity index (χ4n) is 1.98. The molecule has 0 N–H and O–H groups in total. The summed E-state index contributed by atoms with van der Waals surface area (Å²) in [6.07, 6.45) is 3.99. The van der Waals surface area contributed by atoms with Crippen molar-refractivity contribution in [2.24, 2.45) is 17.3 Å². The molecule has 1 aromatic rings. The molecule has 0 fully saturated rings. The lowest BCUT2D eigenvalue weighted by Crippen LogP contribution is -2.20. The van der Waals surface area contributed by atoms with Crippen LogP contribution < -0.4 is 0 Å². The van der Waals surface area contributed by atoms with Gasteiger partial charge in [0.05, 0.1) is 0 Å². The predicted molar refractivity (Wildman–Crippen MR) is 87.3 cm³/mol. The van der Waals surface area contributed by atoms with Crippen molar-refractivity contribution in [3.8, 4) is 0 Å². The molecule has 0 aliphatic carbocycles. The third kappa shape index (κ3) is 6.07. The fourth-order valence-corrected chi connectivity index (χ4v) is 1.98. The lowest BCUT2D eigenvalue weighted by atomic mass is 9.85. The largest absolute Gasteiger partial charge is 0.295 e. The maximum absolute atomic E-state index is 12.2. The maximum atomic E-state index is 12.2. The summed E-state index contributed by atoms with van der Waals surface area (Å²) in [6.45, 7) is 10.0. The molecule has 1 rings (SSSR count). The van der Waals surface area contributed by atoms with E-state index in [0.29, 0.717) is 12.0 Å². The predicted octanol–water partition coefficient (Wildman–Crippen LogP) is 4.70. The number of benzene rings is 1. The number of ketones is 2. The van der Waals surface area contributed by atoms with Gasteiger partial charge >= 0.3 is 0 Å². The molecule has 0 heterocycles. The van der Waals surface area contributed by atoms with Crippen LogP contribution in [0, 0.1) is 17.3 Å². The zero-order chi connectivity index (χ0) is 16.0. The Hall–Kier alpha value is -1.70. The van der Waals surface area contributed by atoms with Gasteiger partial charge in [0.25, 0.3) is 0 Å². The number of hydrogen-bond acceptors (Lipinski definition) is 2. The first-order valence-electron chi connectivity index (χ1n) is 7.52. The van der Waals surface area contributed by atoms with Gasteiger partial charge in [0.2, 0.25) is 0 Å². The van der Waals surface area contributed by atoms with Crippen LogP contribution in [0.3, 0.4) is 0 Å². The van der Waals surface area contributed by atoms with Crippen molar-refractivity contribution >= 4 is 11.6 Å². The van der Waals surface area contributed by atoms with Crippen LogP contribution in [0.15, 0.2) is 42.5 Å². The first-order valence-corrected chi connectivity index (χ1v) is 7.52. The summed E-state index contributed by atoms with van der Waals surface area (Å²) in [5, 5.41) is 0. The Morgan fingerprint density at radius 1 is 1.10 bits per heavy atom. The van der Waals surface area contributed by atoms with Crippen LogP contribution in [-0.2, 0) is 4.79 Å². The van der Waals surface area contributed by atoms with E-state index in [9.17, 15) is 9.59 Å². The van der Waals surface area contributed by atoms with Crippen molar-refractivity contribution in [1.82, 2.24) is 0 Å². The third-order valence-electron chi connectivity index (χ3n) is 3.65. The first-order chi connectivity index (χ1) is 9.70. The maximum Gasteiger partial charge on any atom is 0.163 e. The summed E-state index contributed by atoms with van der Waals surface area (Å²) in [5.41, 5.74) is 0.715. The first kappa shape index (κ1) is 17.4. The van der Waals surface area contributed by atoms with Crippen LogP contribution in [0.1, 0.15) is 51.4 Å². The van der Waals surface area contributed by atoms with Crippen LogP contribution in [0.5, 0.6) is 0 Å². The molecular weight excluding hydrogens is 260 g/mol. The van der Waals surface area contributed by atoms with Gasteiger partial charge in [0, 0.05) is 17.9 Å². The van der Waals surface area contributed by atoms with E-state index in [1.807, 2.05) is 50.3 Å². The van der Waals surface area contributed by atoms with Crippen molar-refractivity contribution in [1.29, 1.82) is 0 Å². The summed E-state index contributed by atoms with van der Waals surface area (Å²) in [4.78, 5) is 24.3. The van der Waals surface area contributed by atoms with Gasteiger partial charge in [-0.05, 0) is 17.4 Å². The monoisotopic (exact) mass is 286 g/mol. The molecule has 0 bridgehead atoms. The van der Waals surface area contributed by atoms with Gasteiger partial charge in [-0.1, -0.05) is 71.0 Å².